The van der Waals surface area contributed by atoms with E-state index in [0.29, 0.717) is 16.4 Å². The lowest BCUT2D eigenvalue weighted by molar-refractivity contribution is -0.116. The molecule has 6 heteroatoms. The Hall–Kier alpha value is -2.11. The molecule has 4 nitrogen and oxygen atoms in total. The van der Waals surface area contributed by atoms with Gasteiger partial charge in [0.25, 0.3) is 0 Å². The summed E-state index contributed by atoms with van der Waals surface area (Å²) in [5.41, 5.74) is 1.38. The average molecular weight is 336 g/mol. The zero-order valence-electron chi connectivity index (χ0n) is 11.8. The first-order valence-corrected chi connectivity index (χ1v) is 7.66. The normalized spacial score (nSPS) is 10.6. The minimum absolute atomic E-state index is 0.193. The van der Waals surface area contributed by atoms with Crippen LogP contribution in [-0.2, 0) is 16.1 Å². The molecule has 0 saturated carbocycles. The van der Waals surface area contributed by atoms with Crippen molar-refractivity contribution < 1.29 is 14.3 Å². The van der Waals surface area contributed by atoms with Crippen molar-refractivity contribution in [1.29, 1.82) is 0 Å². The Morgan fingerprint density at radius 1 is 1.23 bits per heavy atom. The van der Waals surface area contributed by atoms with Crippen molar-refractivity contribution in [2.45, 2.75) is 6.54 Å². The number of carbonyl (C=O) groups excluding carboxylic acids is 2. The van der Waals surface area contributed by atoms with Gasteiger partial charge >= 0.3 is 5.97 Å². The fraction of sp³-hybridized carbons (Fsp3) is 0.125. The maximum atomic E-state index is 11.7. The second-order valence-electron chi connectivity index (χ2n) is 4.38. The number of hydrogen-bond donors (Lipinski definition) is 1. The number of thiophene rings is 1. The molecule has 1 aromatic heterocycles. The highest BCUT2D eigenvalue weighted by atomic mass is 35.5. The van der Waals surface area contributed by atoms with Gasteiger partial charge in [-0.05, 0) is 35.9 Å². The molecule has 22 heavy (non-hydrogen) atoms. The monoisotopic (exact) mass is 335 g/mol. The zero-order chi connectivity index (χ0) is 15.9. The van der Waals surface area contributed by atoms with Crippen LogP contribution in [0.25, 0.3) is 6.08 Å². The fourth-order valence-corrected chi connectivity index (χ4v) is 2.66. The maximum Gasteiger partial charge on any atom is 0.337 e. The van der Waals surface area contributed by atoms with Crippen molar-refractivity contribution in [2.75, 3.05) is 7.11 Å². The van der Waals surface area contributed by atoms with E-state index in [1.54, 1.807) is 36.4 Å². The average Bonchev–Trinajstić information content (AvgIpc) is 2.96. The van der Waals surface area contributed by atoms with E-state index in [1.165, 1.54) is 24.5 Å². The van der Waals surface area contributed by atoms with Crippen LogP contribution in [0.3, 0.4) is 0 Å². The number of ether oxygens (including phenoxy) is 1. The van der Waals surface area contributed by atoms with Gasteiger partial charge in [0.15, 0.2) is 0 Å². The summed E-state index contributed by atoms with van der Waals surface area (Å²) in [6, 6.07) is 10.5. The fourth-order valence-electron chi connectivity index (χ4n) is 1.70. The molecule has 0 bridgehead atoms. The lowest BCUT2D eigenvalue weighted by Crippen LogP contribution is -2.20. The van der Waals surface area contributed by atoms with Crippen LogP contribution in [0.1, 0.15) is 20.8 Å². The maximum absolute atomic E-state index is 11.7. The molecule has 0 spiro atoms. The summed E-state index contributed by atoms with van der Waals surface area (Å²) in [7, 11) is 1.34. The van der Waals surface area contributed by atoms with Crippen molar-refractivity contribution in [3.8, 4) is 0 Å². The smallest absolute Gasteiger partial charge is 0.337 e. The SMILES string of the molecule is COC(=O)c1ccc(CNC(=O)/C=C/c2ccc(Cl)s2)cc1. The summed E-state index contributed by atoms with van der Waals surface area (Å²) in [5.74, 6) is -0.574. The molecule has 2 aromatic rings. The summed E-state index contributed by atoms with van der Waals surface area (Å²) >= 11 is 7.22. The van der Waals surface area contributed by atoms with Gasteiger partial charge in [-0.3, -0.25) is 4.79 Å². The first-order chi connectivity index (χ1) is 10.6. The number of halogens is 1. The van der Waals surface area contributed by atoms with Crippen LogP contribution in [-0.4, -0.2) is 19.0 Å². The van der Waals surface area contributed by atoms with Gasteiger partial charge in [-0.15, -0.1) is 11.3 Å². The molecule has 1 heterocycles. The quantitative estimate of drug-likeness (QED) is 0.672. The number of amides is 1. The van der Waals surface area contributed by atoms with Crippen molar-refractivity contribution in [3.05, 3.63) is 62.8 Å². The molecule has 0 aliphatic carbocycles. The van der Waals surface area contributed by atoms with E-state index in [9.17, 15) is 9.59 Å². The molecule has 2 rings (SSSR count). The summed E-state index contributed by atoms with van der Waals surface area (Å²) in [5, 5.41) is 2.77. The molecule has 114 valence electrons. The molecule has 0 saturated heterocycles. The highest BCUT2D eigenvalue weighted by molar-refractivity contribution is 7.17. The van der Waals surface area contributed by atoms with E-state index in [2.05, 4.69) is 10.1 Å². The Bertz CT molecular complexity index is 692. The van der Waals surface area contributed by atoms with E-state index in [-0.39, 0.29) is 11.9 Å². The number of carbonyl (C=O) groups is 2. The van der Waals surface area contributed by atoms with Crippen molar-refractivity contribution >= 4 is 40.9 Å². The number of nitrogens with one attached hydrogen (secondary N) is 1. The van der Waals surface area contributed by atoms with E-state index in [1.807, 2.05) is 6.07 Å². The van der Waals surface area contributed by atoms with Crippen LogP contribution in [0.5, 0.6) is 0 Å². The predicted octanol–water partition coefficient (Wildman–Crippen LogP) is 3.52. The Morgan fingerprint density at radius 3 is 2.55 bits per heavy atom. The molecule has 0 fully saturated rings. The zero-order valence-corrected chi connectivity index (χ0v) is 13.4. The molecule has 1 amide bonds. The number of esters is 1. The van der Waals surface area contributed by atoms with E-state index in [4.69, 9.17) is 11.6 Å². The van der Waals surface area contributed by atoms with E-state index in [0.717, 1.165) is 10.4 Å². The predicted molar refractivity (Wildman–Crippen MR) is 88.0 cm³/mol. The van der Waals surface area contributed by atoms with Crippen LogP contribution < -0.4 is 5.32 Å². The topological polar surface area (TPSA) is 55.4 Å². The first kappa shape index (κ1) is 16.3. The van der Waals surface area contributed by atoms with Crippen LogP contribution in [0.15, 0.2) is 42.5 Å². The van der Waals surface area contributed by atoms with Crippen LogP contribution in [0, 0.1) is 0 Å². The van der Waals surface area contributed by atoms with Crippen LogP contribution in [0.4, 0.5) is 0 Å². The van der Waals surface area contributed by atoms with Gasteiger partial charge in [0.2, 0.25) is 5.91 Å². The molecule has 1 N–H and O–H groups in total. The molecule has 1 aromatic carbocycles. The summed E-state index contributed by atoms with van der Waals surface area (Å²) in [6.45, 7) is 0.385. The molecule has 0 aliphatic rings. The second kappa shape index (κ2) is 7.77. The third kappa shape index (κ3) is 4.72. The summed E-state index contributed by atoms with van der Waals surface area (Å²) in [4.78, 5) is 23.9. The van der Waals surface area contributed by atoms with Gasteiger partial charge in [-0.25, -0.2) is 4.79 Å². The van der Waals surface area contributed by atoms with Crippen molar-refractivity contribution in [1.82, 2.24) is 5.32 Å². The Labute approximate surface area is 137 Å². The molecule has 0 unspecified atom stereocenters. The van der Waals surface area contributed by atoms with Crippen LogP contribution >= 0.6 is 22.9 Å². The second-order valence-corrected chi connectivity index (χ2v) is 6.13. The summed E-state index contributed by atoms with van der Waals surface area (Å²) in [6.07, 6.45) is 3.18. The van der Waals surface area contributed by atoms with Gasteiger partial charge in [-0.1, -0.05) is 23.7 Å². The van der Waals surface area contributed by atoms with Gasteiger partial charge in [-0.2, -0.15) is 0 Å². The van der Waals surface area contributed by atoms with Crippen LogP contribution in [0.2, 0.25) is 4.34 Å². The van der Waals surface area contributed by atoms with E-state index >= 15 is 0 Å². The number of benzene rings is 1. The van der Waals surface area contributed by atoms with Gasteiger partial charge < -0.3 is 10.1 Å². The lowest BCUT2D eigenvalue weighted by Gasteiger charge is -2.04. The molecule has 0 atom stereocenters. The third-order valence-electron chi connectivity index (χ3n) is 2.83. The molecule has 0 aliphatic heterocycles. The largest absolute Gasteiger partial charge is 0.465 e. The Balaban J connectivity index is 1.85. The summed E-state index contributed by atoms with van der Waals surface area (Å²) < 4.78 is 5.31. The number of rotatable bonds is 5. The van der Waals surface area contributed by atoms with Gasteiger partial charge in [0.05, 0.1) is 17.0 Å². The van der Waals surface area contributed by atoms with Gasteiger partial charge in [0.1, 0.15) is 0 Å². The van der Waals surface area contributed by atoms with Gasteiger partial charge in [0, 0.05) is 17.5 Å². The van der Waals surface area contributed by atoms with Crippen molar-refractivity contribution in [2.24, 2.45) is 0 Å². The minimum Gasteiger partial charge on any atom is -0.465 e. The van der Waals surface area contributed by atoms with E-state index < -0.39 is 0 Å². The highest BCUT2D eigenvalue weighted by Crippen LogP contribution is 2.22. The number of hydrogen-bond acceptors (Lipinski definition) is 4. The minimum atomic E-state index is -0.381. The first-order valence-electron chi connectivity index (χ1n) is 6.47. The third-order valence-corrected chi connectivity index (χ3v) is 4.03. The molecule has 0 radical (unpaired) electrons. The standard InChI is InChI=1S/C16H14ClNO3S/c1-21-16(20)12-4-2-11(3-5-12)10-18-15(19)9-7-13-6-8-14(17)22-13/h2-9H,10H2,1H3,(H,18,19)/b9-7+. The molecular weight excluding hydrogens is 322 g/mol. The Kier molecular flexibility index (Phi) is 5.75. The number of methoxy groups -OCH3 is 1. The lowest BCUT2D eigenvalue weighted by atomic mass is 10.1. The Morgan fingerprint density at radius 2 is 1.95 bits per heavy atom. The molecular formula is C16H14ClNO3S. The van der Waals surface area contributed by atoms with Crippen molar-refractivity contribution in [3.63, 3.8) is 0 Å². The highest BCUT2D eigenvalue weighted by Gasteiger charge is 2.04.